The van der Waals surface area contributed by atoms with Gasteiger partial charge < -0.3 is 24.3 Å². The van der Waals surface area contributed by atoms with E-state index in [4.69, 9.17) is 31.2 Å². The predicted octanol–water partition coefficient (Wildman–Crippen LogP) is 6.90. The zero-order chi connectivity index (χ0) is 29.6. The number of amides is 2. The van der Waals surface area contributed by atoms with Gasteiger partial charge in [-0.15, -0.1) is 0 Å². The second-order valence-corrected chi connectivity index (χ2v) is 11.2. The number of hydrogen-bond donors (Lipinski definition) is 1. The van der Waals surface area contributed by atoms with Gasteiger partial charge >= 0.3 is 18.6 Å². The number of rotatable bonds is 10. The Hall–Kier alpha value is -3.73. The van der Waals surface area contributed by atoms with E-state index in [1.165, 1.54) is 24.6 Å². The summed E-state index contributed by atoms with van der Waals surface area (Å²) in [6.07, 6.45) is 7.32. The zero-order valence-corrected chi connectivity index (χ0v) is 24.2. The molecule has 2 fully saturated rings. The van der Waals surface area contributed by atoms with Gasteiger partial charge in [0.25, 0.3) is 5.17 Å². The highest BCUT2D eigenvalue weighted by molar-refractivity contribution is 7.80. The summed E-state index contributed by atoms with van der Waals surface area (Å²) in [5.74, 6) is 0.329. The van der Waals surface area contributed by atoms with E-state index >= 15 is 0 Å². The maximum absolute atomic E-state index is 13.7. The van der Waals surface area contributed by atoms with Crippen LogP contribution in [0.5, 0.6) is 17.2 Å². The Morgan fingerprint density at radius 2 is 1.71 bits per heavy atom. The molecule has 3 aliphatic rings. The summed E-state index contributed by atoms with van der Waals surface area (Å²) in [5.41, 5.74) is 0.839. The van der Waals surface area contributed by atoms with Crippen LogP contribution in [0.3, 0.4) is 0 Å². The lowest BCUT2D eigenvalue weighted by Crippen LogP contribution is -2.52. The molecule has 8 nitrogen and oxygen atoms in total. The van der Waals surface area contributed by atoms with Gasteiger partial charge in [0, 0.05) is 5.70 Å². The van der Waals surface area contributed by atoms with Crippen LogP contribution in [0, 0.1) is 11.8 Å². The van der Waals surface area contributed by atoms with Crippen LogP contribution < -0.4 is 19.5 Å². The van der Waals surface area contributed by atoms with Crippen molar-refractivity contribution < 1.29 is 37.3 Å². The van der Waals surface area contributed by atoms with Crippen molar-refractivity contribution in [2.45, 2.75) is 64.5 Å². The number of hydrogen-bond acceptors (Lipinski definition) is 7. The van der Waals surface area contributed by atoms with Gasteiger partial charge in [-0.05, 0) is 86.5 Å². The van der Waals surface area contributed by atoms with Crippen molar-refractivity contribution in [2.24, 2.45) is 11.8 Å². The SMILES string of the molecule is CC1=C(C(=O)OCC2CCCCC2)C(c2ccc(OC(F)F)c(OCC3CC3)c2)N(C(=S)Oc2ccccc2)C(=O)N1. The molecule has 2 saturated carbocycles. The summed E-state index contributed by atoms with van der Waals surface area (Å²) in [6.45, 7) is -0.855. The first-order chi connectivity index (χ1) is 20.3. The Balaban J connectivity index is 1.51. The highest BCUT2D eigenvalue weighted by Gasteiger charge is 2.42. The molecule has 2 amide bonds. The first-order valence-corrected chi connectivity index (χ1v) is 14.7. The van der Waals surface area contributed by atoms with Crippen molar-refractivity contribution in [2.75, 3.05) is 13.2 Å². The van der Waals surface area contributed by atoms with E-state index in [2.05, 4.69) is 5.32 Å². The third-order valence-electron chi connectivity index (χ3n) is 7.66. The lowest BCUT2D eigenvalue weighted by Gasteiger charge is -2.37. The molecule has 0 spiro atoms. The molecule has 1 aliphatic heterocycles. The lowest BCUT2D eigenvalue weighted by atomic mass is 9.90. The van der Waals surface area contributed by atoms with E-state index in [9.17, 15) is 18.4 Å². The number of carbonyl (C=O) groups is 2. The third-order valence-corrected chi connectivity index (χ3v) is 7.94. The van der Waals surface area contributed by atoms with Crippen LogP contribution in [0.4, 0.5) is 13.6 Å². The molecule has 0 radical (unpaired) electrons. The van der Waals surface area contributed by atoms with E-state index in [1.54, 1.807) is 31.2 Å². The fourth-order valence-electron chi connectivity index (χ4n) is 5.26. The van der Waals surface area contributed by atoms with E-state index in [0.717, 1.165) is 43.4 Å². The molecule has 1 heterocycles. The molecule has 11 heteroatoms. The molecular formula is C31H34F2N2O6S. The van der Waals surface area contributed by atoms with Gasteiger partial charge in [-0.25, -0.2) is 14.5 Å². The molecule has 0 bridgehead atoms. The first kappa shape index (κ1) is 29.8. The quantitative estimate of drug-likeness (QED) is 0.234. The largest absolute Gasteiger partial charge is 0.489 e. The van der Waals surface area contributed by atoms with Crippen LogP contribution >= 0.6 is 12.2 Å². The topological polar surface area (TPSA) is 86.3 Å². The predicted molar refractivity (Wildman–Crippen MR) is 154 cm³/mol. The van der Waals surface area contributed by atoms with Crippen LogP contribution in [0.25, 0.3) is 0 Å². The van der Waals surface area contributed by atoms with Gasteiger partial charge in [0.1, 0.15) is 11.8 Å². The average Bonchev–Trinajstić information content (AvgIpc) is 3.80. The molecule has 42 heavy (non-hydrogen) atoms. The maximum atomic E-state index is 13.7. The van der Waals surface area contributed by atoms with Crippen molar-refractivity contribution >= 4 is 29.4 Å². The van der Waals surface area contributed by atoms with Gasteiger partial charge in [0.2, 0.25) is 0 Å². The monoisotopic (exact) mass is 600 g/mol. The minimum atomic E-state index is -3.06. The zero-order valence-electron chi connectivity index (χ0n) is 23.4. The van der Waals surface area contributed by atoms with E-state index in [-0.39, 0.29) is 34.8 Å². The van der Waals surface area contributed by atoms with Gasteiger partial charge in [-0.3, -0.25) is 0 Å². The lowest BCUT2D eigenvalue weighted by molar-refractivity contribution is -0.141. The smallest absolute Gasteiger partial charge is 0.387 e. The van der Waals surface area contributed by atoms with Crippen LogP contribution in [0.15, 0.2) is 59.8 Å². The summed E-state index contributed by atoms with van der Waals surface area (Å²) in [4.78, 5) is 28.3. The molecule has 2 aromatic rings. The van der Waals surface area contributed by atoms with E-state index in [1.807, 2.05) is 6.07 Å². The highest BCUT2D eigenvalue weighted by atomic mass is 32.1. The van der Waals surface area contributed by atoms with Gasteiger partial charge in [0.05, 0.1) is 18.8 Å². The second kappa shape index (κ2) is 13.5. The molecule has 1 unspecified atom stereocenters. The number of ether oxygens (including phenoxy) is 4. The number of thiocarbonyl (C=S) groups is 1. The molecule has 5 rings (SSSR count). The summed E-state index contributed by atoms with van der Waals surface area (Å²) in [6, 6.07) is 11.3. The van der Waals surface area contributed by atoms with Gasteiger partial charge in [0.15, 0.2) is 11.5 Å². The maximum Gasteiger partial charge on any atom is 0.387 e. The Labute approximate surface area is 248 Å². The average molecular weight is 601 g/mol. The highest BCUT2D eigenvalue weighted by Crippen LogP contribution is 2.41. The first-order valence-electron chi connectivity index (χ1n) is 14.3. The van der Waals surface area contributed by atoms with Crippen LogP contribution in [-0.4, -0.2) is 41.9 Å². The standard InChI is InChI=1S/C31H34F2N2O6S/c1-19-26(28(36)39-18-20-8-4-2-5-9-20)27(35(30(37)34-19)31(42)40-23-10-6-3-7-11-23)22-14-15-24(41-29(32)33)25(16-22)38-17-21-12-13-21/h3,6-7,10-11,14-16,20-21,27,29H,2,4-5,8-9,12-13,17-18H2,1H3,(H,34,37). The molecule has 1 N–H and O–H groups in total. The third kappa shape index (κ3) is 7.36. The summed E-state index contributed by atoms with van der Waals surface area (Å²) in [7, 11) is 0. The number of esters is 1. The Morgan fingerprint density at radius 3 is 2.40 bits per heavy atom. The number of nitrogens with one attached hydrogen (secondary N) is 1. The minimum absolute atomic E-state index is 0.0769. The molecule has 2 aromatic carbocycles. The fourth-order valence-corrected chi connectivity index (χ4v) is 5.55. The Morgan fingerprint density at radius 1 is 1.00 bits per heavy atom. The number of allylic oxidation sites excluding steroid dienone is 1. The van der Waals surface area contributed by atoms with Gasteiger partial charge in [-0.2, -0.15) is 8.78 Å². The summed E-state index contributed by atoms with van der Waals surface area (Å²) in [5, 5.41) is 2.50. The Kier molecular flexibility index (Phi) is 9.56. The van der Waals surface area contributed by atoms with Crippen molar-refractivity contribution in [3.63, 3.8) is 0 Å². The van der Waals surface area contributed by atoms with Crippen LogP contribution in [0.1, 0.15) is 63.5 Å². The number of urea groups is 1. The number of benzene rings is 2. The minimum Gasteiger partial charge on any atom is -0.489 e. The van der Waals surface area contributed by atoms with Crippen molar-refractivity contribution in [3.05, 3.63) is 65.4 Å². The van der Waals surface area contributed by atoms with Crippen molar-refractivity contribution in [3.8, 4) is 17.2 Å². The molecular weight excluding hydrogens is 566 g/mol. The van der Waals surface area contributed by atoms with Crippen molar-refractivity contribution in [1.82, 2.24) is 10.2 Å². The molecule has 0 aromatic heterocycles. The number of alkyl halides is 2. The number of nitrogens with zero attached hydrogens (tertiary/aromatic N) is 1. The van der Waals surface area contributed by atoms with Crippen molar-refractivity contribution in [1.29, 1.82) is 0 Å². The van der Waals surface area contributed by atoms with Gasteiger partial charge in [-0.1, -0.05) is 43.5 Å². The summed E-state index contributed by atoms with van der Waals surface area (Å²) < 4.78 is 48.7. The molecule has 1 atom stereocenters. The molecule has 0 saturated heterocycles. The molecule has 2 aliphatic carbocycles. The fraction of sp³-hybridized carbons (Fsp3) is 0.452. The number of carbonyl (C=O) groups excluding carboxylic acids is 2. The van der Waals surface area contributed by atoms with Crippen LogP contribution in [-0.2, 0) is 9.53 Å². The van der Waals surface area contributed by atoms with Crippen LogP contribution in [0.2, 0.25) is 0 Å². The summed E-state index contributed by atoms with van der Waals surface area (Å²) >= 11 is 5.58. The Bertz CT molecular complexity index is 1330. The van der Waals surface area contributed by atoms with E-state index < -0.39 is 24.7 Å². The number of halogens is 2. The molecule has 224 valence electrons. The normalized spacial score (nSPS) is 19.4. The second-order valence-electron chi connectivity index (χ2n) is 10.9. The number of para-hydroxylation sites is 1. The van der Waals surface area contributed by atoms with E-state index in [0.29, 0.717) is 29.5 Å².